The Bertz CT molecular complexity index is 1030. The average molecular weight is 526 g/mol. The quantitative estimate of drug-likeness (QED) is 0.309. The summed E-state index contributed by atoms with van der Waals surface area (Å²) < 4.78 is 0. The van der Waals surface area contributed by atoms with Crippen molar-refractivity contribution in [3.05, 3.63) is 73.8 Å². The standard InChI is InChI=1S/C24H29Cl2N3O4S/c1-5-21(23(31)27-24(2,3)4)28(13-17-8-11-19(25)20(26)12-17)22(30)15-34-14-16-6-9-18(10-7-16)29(32)33/h6-12,21H,5,13-15H2,1-4H3,(H,27,31)/t21-/m1/s1. The Hall–Kier alpha value is -2.29. The summed E-state index contributed by atoms with van der Waals surface area (Å²) in [6.45, 7) is 7.75. The largest absolute Gasteiger partial charge is 0.350 e. The summed E-state index contributed by atoms with van der Waals surface area (Å²) in [5.41, 5.74) is 1.23. The molecule has 2 aromatic carbocycles. The number of hydrogen-bond acceptors (Lipinski definition) is 5. The Morgan fingerprint density at radius 2 is 1.71 bits per heavy atom. The second-order valence-corrected chi connectivity index (χ2v) is 10.6. The number of nitro benzene ring substituents is 1. The van der Waals surface area contributed by atoms with Gasteiger partial charge in [-0.05, 0) is 50.5 Å². The van der Waals surface area contributed by atoms with Gasteiger partial charge in [0.15, 0.2) is 0 Å². The van der Waals surface area contributed by atoms with E-state index in [4.69, 9.17) is 23.2 Å². The van der Waals surface area contributed by atoms with Gasteiger partial charge in [0.05, 0.1) is 20.7 Å². The lowest BCUT2D eigenvalue weighted by Gasteiger charge is -2.33. The lowest BCUT2D eigenvalue weighted by molar-refractivity contribution is -0.384. The van der Waals surface area contributed by atoms with Crippen molar-refractivity contribution in [2.45, 2.75) is 58.0 Å². The average Bonchev–Trinajstić information content (AvgIpc) is 2.75. The summed E-state index contributed by atoms with van der Waals surface area (Å²) in [5.74, 6) is 0.255. The molecule has 0 aliphatic carbocycles. The molecule has 0 aliphatic heterocycles. The van der Waals surface area contributed by atoms with E-state index in [2.05, 4.69) is 5.32 Å². The molecule has 0 heterocycles. The van der Waals surface area contributed by atoms with E-state index >= 15 is 0 Å². The van der Waals surface area contributed by atoms with Crippen LogP contribution < -0.4 is 5.32 Å². The first-order chi connectivity index (χ1) is 15.9. The Labute approximate surface area is 214 Å². The van der Waals surface area contributed by atoms with E-state index in [1.807, 2.05) is 27.7 Å². The van der Waals surface area contributed by atoms with E-state index in [1.165, 1.54) is 23.9 Å². The van der Waals surface area contributed by atoms with E-state index in [0.29, 0.717) is 22.2 Å². The SMILES string of the molecule is CC[C@H](C(=O)NC(C)(C)C)N(Cc1ccc(Cl)c(Cl)c1)C(=O)CSCc1ccc([N+](=O)[O-])cc1. The van der Waals surface area contributed by atoms with Crippen molar-refractivity contribution in [2.75, 3.05) is 5.75 Å². The third-order valence-electron chi connectivity index (χ3n) is 4.86. The van der Waals surface area contributed by atoms with Gasteiger partial charge in [-0.15, -0.1) is 11.8 Å². The maximum absolute atomic E-state index is 13.3. The highest BCUT2D eigenvalue weighted by atomic mass is 35.5. The van der Waals surface area contributed by atoms with Crippen molar-refractivity contribution in [1.82, 2.24) is 10.2 Å². The number of hydrogen-bond donors (Lipinski definition) is 1. The van der Waals surface area contributed by atoms with Crippen LogP contribution in [0.25, 0.3) is 0 Å². The molecule has 0 aromatic heterocycles. The van der Waals surface area contributed by atoms with E-state index in [1.54, 1.807) is 35.2 Å². The summed E-state index contributed by atoms with van der Waals surface area (Å²) in [5, 5.41) is 14.6. The highest BCUT2D eigenvalue weighted by Crippen LogP contribution is 2.25. The van der Waals surface area contributed by atoms with Gasteiger partial charge in [0.25, 0.3) is 5.69 Å². The Morgan fingerprint density at radius 1 is 1.09 bits per heavy atom. The molecule has 2 amide bonds. The monoisotopic (exact) mass is 525 g/mol. The zero-order valence-electron chi connectivity index (χ0n) is 19.6. The van der Waals surface area contributed by atoms with Crippen LogP contribution in [0, 0.1) is 10.1 Å². The van der Waals surface area contributed by atoms with Gasteiger partial charge >= 0.3 is 0 Å². The zero-order valence-corrected chi connectivity index (χ0v) is 22.0. The van der Waals surface area contributed by atoms with Crippen LogP contribution in [0.1, 0.15) is 45.2 Å². The van der Waals surface area contributed by atoms with Crippen LogP contribution >= 0.6 is 35.0 Å². The molecule has 184 valence electrons. The third-order valence-corrected chi connectivity index (χ3v) is 6.59. The second kappa shape index (κ2) is 12.4. The van der Waals surface area contributed by atoms with Gasteiger partial charge < -0.3 is 10.2 Å². The summed E-state index contributed by atoms with van der Waals surface area (Å²) in [4.78, 5) is 38.2. The number of halogens is 2. The third kappa shape index (κ3) is 8.49. The molecule has 0 bridgehead atoms. The number of nitrogens with zero attached hydrogens (tertiary/aromatic N) is 2. The number of rotatable bonds is 10. The number of nitro groups is 1. The van der Waals surface area contributed by atoms with E-state index in [0.717, 1.165) is 11.1 Å². The molecular formula is C24H29Cl2N3O4S. The van der Waals surface area contributed by atoms with Gasteiger partial charge in [0.1, 0.15) is 6.04 Å². The highest BCUT2D eigenvalue weighted by molar-refractivity contribution is 7.99. The van der Waals surface area contributed by atoms with Gasteiger partial charge in [-0.2, -0.15) is 0 Å². The minimum Gasteiger partial charge on any atom is -0.350 e. The molecule has 10 heteroatoms. The van der Waals surface area contributed by atoms with Crippen molar-refractivity contribution in [2.24, 2.45) is 0 Å². The predicted octanol–water partition coefficient (Wildman–Crippen LogP) is 5.86. The van der Waals surface area contributed by atoms with Gasteiger partial charge in [0.2, 0.25) is 11.8 Å². The van der Waals surface area contributed by atoms with Crippen LogP contribution in [0.3, 0.4) is 0 Å². The molecule has 0 saturated carbocycles. The normalized spacial score (nSPS) is 12.2. The van der Waals surface area contributed by atoms with Crippen molar-refractivity contribution in [3.8, 4) is 0 Å². The highest BCUT2D eigenvalue weighted by Gasteiger charge is 2.30. The van der Waals surface area contributed by atoms with Crippen molar-refractivity contribution >= 4 is 52.5 Å². The van der Waals surface area contributed by atoms with Gasteiger partial charge in [-0.25, -0.2) is 0 Å². The number of benzene rings is 2. The Balaban J connectivity index is 2.17. The van der Waals surface area contributed by atoms with Crippen molar-refractivity contribution < 1.29 is 14.5 Å². The minimum absolute atomic E-state index is 0.0216. The van der Waals surface area contributed by atoms with Gasteiger partial charge in [-0.3, -0.25) is 19.7 Å². The van der Waals surface area contributed by atoms with Gasteiger partial charge in [-0.1, -0.05) is 48.3 Å². The lowest BCUT2D eigenvalue weighted by Crippen LogP contribution is -2.53. The zero-order chi connectivity index (χ0) is 25.5. The summed E-state index contributed by atoms with van der Waals surface area (Å²) in [6.07, 6.45) is 0.446. The minimum atomic E-state index is -0.652. The fourth-order valence-corrected chi connectivity index (χ4v) is 4.45. The topological polar surface area (TPSA) is 92.6 Å². The Kier molecular flexibility index (Phi) is 10.2. The van der Waals surface area contributed by atoms with Crippen molar-refractivity contribution in [3.63, 3.8) is 0 Å². The van der Waals surface area contributed by atoms with Crippen LogP contribution in [0.4, 0.5) is 5.69 Å². The predicted molar refractivity (Wildman–Crippen MR) is 138 cm³/mol. The van der Waals surface area contributed by atoms with Crippen LogP contribution in [0.5, 0.6) is 0 Å². The maximum Gasteiger partial charge on any atom is 0.269 e. The molecular weight excluding hydrogens is 497 g/mol. The summed E-state index contributed by atoms with van der Waals surface area (Å²) in [6, 6.07) is 10.7. The maximum atomic E-state index is 13.3. The number of carbonyl (C=O) groups excluding carboxylic acids is 2. The first kappa shape index (κ1) is 28.0. The molecule has 0 spiro atoms. The molecule has 0 unspecified atom stereocenters. The molecule has 1 N–H and O–H groups in total. The smallest absolute Gasteiger partial charge is 0.269 e. The summed E-state index contributed by atoms with van der Waals surface area (Å²) in [7, 11) is 0. The molecule has 0 aliphatic rings. The molecule has 0 saturated heterocycles. The Morgan fingerprint density at radius 3 is 2.24 bits per heavy atom. The first-order valence-electron chi connectivity index (χ1n) is 10.8. The van der Waals surface area contributed by atoms with E-state index in [-0.39, 0.29) is 29.8 Å². The number of amides is 2. The molecule has 2 aromatic rings. The van der Waals surface area contributed by atoms with E-state index in [9.17, 15) is 19.7 Å². The van der Waals surface area contributed by atoms with Crippen LogP contribution in [0.2, 0.25) is 10.0 Å². The first-order valence-corrected chi connectivity index (χ1v) is 12.7. The van der Waals surface area contributed by atoms with Crippen molar-refractivity contribution in [1.29, 1.82) is 0 Å². The lowest BCUT2D eigenvalue weighted by atomic mass is 10.1. The molecule has 34 heavy (non-hydrogen) atoms. The molecule has 0 radical (unpaired) electrons. The number of nitrogens with one attached hydrogen (secondary N) is 1. The number of thioether (sulfide) groups is 1. The molecule has 2 rings (SSSR count). The van der Waals surface area contributed by atoms with Crippen LogP contribution in [0.15, 0.2) is 42.5 Å². The number of non-ortho nitro benzene ring substituents is 1. The van der Waals surface area contributed by atoms with Crippen LogP contribution in [-0.2, 0) is 21.9 Å². The van der Waals surface area contributed by atoms with E-state index < -0.39 is 16.5 Å². The fourth-order valence-electron chi connectivity index (χ4n) is 3.26. The molecule has 1 atom stereocenters. The second-order valence-electron chi connectivity index (χ2n) is 8.85. The fraction of sp³-hybridized carbons (Fsp3) is 0.417. The molecule has 7 nitrogen and oxygen atoms in total. The summed E-state index contributed by atoms with van der Waals surface area (Å²) >= 11 is 13.6. The molecule has 0 fully saturated rings. The van der Waals surface area contributed by atoms with Crippen LogP contribution in [-0.4, -0.2) is 39.0 Å². The van der Waals surface area contributed by atoms with Gasteiger partial charge in [0, 0.05) is 30.0 Å². The number of carbonyl (C=O) groups is 2.